The average Bonchev–Trinajstić information content (AvgIpc) is 2.54. The van der Waals surface area contributed by atoms with Gasteiger partial charge in [-0.15, -0.1) is 0 Å². The van der Waals surface area contributed by atoms with Crippen LogP contribution in [0.25, 0.3) is 6.08 Å². The molecule has 5 heteroatoms. The summed E-state index contributed by atoms with van der Waals surface area (Å²) in [7, 11) is 3.99. The second-order valence-corrected chi connectivity index (χ2v) is 5.57. The van der Waals surface area contributed by atoms with Crippen LogP contribution in [0, 0.1) is 0 Å². The highest BCUT2D eigenvalue weighted by atomic mass is 16.5. The second-order valence-electron chi connectivity index (χ2n) is 5.57. The maximum atomic E-state index is 12.0. The first-order valence-corrected chi connectivity index (χ1v) is 7.64. The summed E-state index contributed by atoms with van der Waals surface area (Å²) in [5, 5.41) is 0. The lowest BCUT2D eigenvalue weighted by molar-refractivity contribution is -0.139. The van der Waals surface area contributed by atoms with E-state index in [1.54, 1.807) is 12.2 Å². The molecule has 0 atom stereocenters. The van der Waals surface area contributed by atoms with Gasteiger partial charge in [0.25, 0.3) is 11.8 Å². The molecule has 23 heavy (non-hydrogen) atoms. The molecule has 1 aromatic carbocycles. The molecule has 0 saturated heterocycles. The van der Waals surface area contributed by atoms with Gasteiger partial charge in [-0.3, -0.25) is 14.5 Å². The molecule has 0 spiro atoms. The minimum Gasteiger partial charge on any atom is -0.492 e. The van der Waals surface area contributed by atoms with Crippen molar-refractivity contribution in [2.24, 2.45) is 0 Å². The highest BCUT2D eigenvalue weighted by Gasteiger charge is 2.18. The summed E-state index contributed by atoms with van der Waals surface area (Å²) < 4.78 is 5.61. The van der Waals surface area contributed by atoms with Crippen LogP contribution in [0.2, 0.25) is 0 Å². The van der Waals surface area contributed by atoms with Gasteiger partial charge in [0.1, 0.15) is 12.4 Å². The van der Waals surface area contributed by atoms with Crippen molar-refractivity contribution < 1.29 is 14.3 Å². The van der Waals surface area contributed by atoms with Gasteiger partial charge in [0.15, 0.2) is 0 Å². The van der Waals surface area contributed by atoms with Gasteiger partial charge >= 0.3 is 0 Å². The van der Waals surface area contributed by atoms with Crippen molar-refractivity contribution in [1.82, 2.24) is 9.80 Å². The van der Waals surface area contributed by atoms with Crippen LogP contribution in [0.15, 0.2) is 42.5 Å². The number of benzene rings is 1. The number of nitrogens with zero attached hydrogens (tertiary/aromatic N) is 2. The van der Waals surface area contributed by atoms with Crippen LogP contribution in [0.3, 0.4) is 0 Å². The molecular formula is C18H22N2O3. The van der Waals surface area contributed by atoms with E-state index in [2.05, 4.69) is 4.90 Å². The molecule has 0 N–H and O–H groups in total. The first-order valence-electron chi connectivity index (χ1n) is 7.64. The Labute approximate surface area is 136 Å². The van der Waals surface area contributed by atoms with Crippen LogP contribution in [0.1, 0.15) is 12.0 Å². The predicted molar refractivity (Wildman–Crippen MR) is 90.0 cm³/mol. The summed E-state index contributed by atoms with van der Waals surface area (Å²) in [6.07, 6.45) is 7.07. The number of hydrogen-bond acceptors (Lipinski definition) is 4. The predicted octanol–water partition coefficient (Wildman–Crippen LogP) is 1.96. The highest BCUT2D eigenvalue weighted by Crippen LogP contribution is 2.13. The number of rotatable bonds is 6. The van der Waals surface area contributed by atoms with Crippen LogP contribution in [0.4, 0.5) is 0 Å². The smallest absolute Gasteiger partial charge is 0.253 e. The van der Waals surface area contributed by atoms with Gasteiger partial charge in [0, 0.05) is 19.2 Å². The fourth-order valence-electron chi connectivity index (χ4n) is 2.09. The number of carbonyl (C=O) groups excluding carboxylic acids is 2. The molecule has 0 unspecified atom stereocenters. The maximum Gasteiger partial charge on any atom is 0.253 e. The van der Waals surface area contributed by atoms with Crippen molar-refractivity contribution in [2.45, 2.75) is 6.42 Å². The first kappa shape index (κ1) is 17.0. The van der Waals surface area contributed by atoms with Crippen LogP contribution in [0.5, 0.6) is 5.75 Å². The van der Waals surface area contributed by atoms with Gasteiger partial charge in [-0.2, -0.15) is 0 Å². The molecule has 1 heterocycles. The fraction of sp³-hybridized carbons (Fsp3) is 0.333. The van der Waals surface area contributed by atoms with Crippen LogP contribution in [-0.2, 0) is 9.59 Å². The van der Waals surface area contributed by atoms with Crippen LogP contribution < -0.4 is 4.74 Å². The molecule has 1 aliphatic rings. The molecule has 0 saturated carbocycles. The van der Waals surface area contributed by atoms with Crippen molar-refractivity contribution in [3.8, 4) is 5.75 Å². The quantitative estimate of drug-likeness (QED) is 0.753. The Morgan fingerprint density at radius 1 is 1.30 bits per heavy atom. The van der Waals surface area contributed by atoms with Crippen molar-refractivity contribution in [3.63, 3.8) is 0 Å². The van der Waals surface area contributed by atoms with E-state index in [1.807, 2.05) is 38.4 Å². The monoisotopic (exact) mass is 314 g/mol. The van der Waals surface area contributed by atoms with Gasteiger partial charge in [0.2, 0.25) is 0 Å². The third-order valence-corrected chi connectivity index (χ3v) is 3.42. The van der Waals surface area contributed by atoms with Gasteiger partial charge in [-0.05, 0) is 50.4 Å². The number of hydrogen-bond donors (Lipinski definition) is 0. The van der Waals surface area contributed by atoms with Gasteiger partial charge in [0.05, 0.1) is 0 Å². The second kappa shape index (κ2) is 8.29. The Kier molecular flexibility index (Phi) is 6.11. The molecule has 1 aromatic rings. The molecule has 122 valence electrons. The molecule has 0 aromatic heterocycles. The summed E-state index contributed by atoms with van der Waals surface area (Å²) in [6, 6.07) is 7.50. The van der Waals surface area contributed by atoms with E-state index in [0.717, 1.165) is 17.9 Å². The summed E-state index contributed by atoms with van der Waals surface area (Å²) in [5.41, 5.74) is 0.887. The van der Waals surface area contributed by atoms with Gasteiger partial charge < -0.3 is 9.64 Å². The zero-order chi connectivity index (χ0) is 16.7. The van der Waals surface area contributed by atoms with Crippen molar-refractivity contribution >= 4 is 17.9 Å². The lowest BCUT2D eigenvalue weighted by atomic mass is 10.2. The van der Waals surface area contributed by atoms with E-state index in [9.17, 15) is 9.59 Å². The van der Waals surface area contributed by atoms with Gasteiger partial charge in [-0.25, -0.2) is 0 Å². The minimum absolute atomic E-state index is 0.254. The maximum absolute atomic E-state index is 12.0. The van der Waals surface area contributed by atoms with Crippen molar-refractivity contribution in [2.75, 3.05) is 33.8 Å². The molecule has 0 aliphatic carbocycles. The Hall–Kier alpha value is -2.40. The largest absolute Gasteiger partial charge is 0.492 e. The standard InChI is InChI=1S/C18H22N2O3/c1-19(2)13-14-23-16-9-6-15(7-10-16)8-11-18(22)20-12-4-3-5-17(20)21/h3,5-11H,4,12-14H2,1-2H3/b11-8+. The normalized spacial score (nSPS) is 14.7. The van der Waals surface area contributed by atoms with Crippen LogP contribution >= 0.6 is 0 Å². The van der Waals surface area contributed by atoms with Crippen LogP contribution in [-0.4, -0.2) is 55.4 Å². The highest BCUT2D eigenvalue weighted by molar-refractivity contribution is 6.06. The van der Waals surface area contributed by atoms with Crippen molar-refractivity contribution in [1.29, 1.82) is 0 Å². The Morgan fingerprint density at radius 2 is 2.04 bits per heavy atom. The third kappa shape index (κ3) is 5.38. The number of carbonyl (C=O) groups is 2. The number of ether oxygens (including phenoxy) is 1. The van der Waals surface area contributed by atoms with E-state index in [0.29, 0.717) is 19.6 Å². The summed E-state index contributed by atoms with van der Waals surface area (Å²) >= 11 is 0. The number of amides is 2. The zero-order valence-corrected chi connectivity index (χ0v) is 13.6. The molecule has 0 fully saturated rings. The summed E-state index contributed by atoms with van der Waals surface area (Å²) in [5.74, 6) is 0.257. The average molecular weight is 314 g/mol. The Morgan fingerprint density at radius 3 is 2.70 bits per heavy atom. The van der Waals surface area contributed by atoms with E-state index in [1.165, 1.54) is 17.1 Å². The SMILES string of the molecule is CN(C)CCOc1ccc(/C=C/C(=O)N2CCC=CC2=O)cc1. The fourth-order valence-corrected chi connectivity index (χ4v) is 2.09. The van der Waals surface area contributed by atoms with E-state index >= 15 is 0 Å². The lowest BCUT2D eigenvalue weighted by Gasteiger charge is -2.19. The zero-order valence-electron chi connectivity index (χ0n) is 13.6. The summed E-state index contributed by atoms with van der Waals surface area (Å²) in [6.45, 7) is 1.93. The van der Waals surface area contributed by atoms with E-state index < -0.39 is 0 Å². The summed E-state index contributed by atoms with van der Waals surface area (Å²) in [4.78, 5) is 26.9. The minimum atomic E-state index is -0.286. The van der Waals surface area contributed by atoms with E-state index in [-0.39, 0.29) is 11.8 Å². The molecule has 5 nitrogen and oxygen atoms in total. The molecular weight excluding hydrogens is 292 g/mol. The molecule has 2 amide bonds. The number of likely N-dealkylation sites (N-methyl/N-ethyl adjacent to an activating group) is 1. The molecule has 2 rings (SSSR count). The Balaban J connectivity index is 1.88. The first-order chi connectivity index (χ1) is 11.1. The molecule has 0 radical (unpaired) electrons. The Bertz CT molecular complexity index is 603. The number of imide groups is 1. The molecule has 1 aliphatic heterocycles. The third-order valence-electron chi connectivity index (χ3n) is 3.42. The van der Waals surface area contributed by atoms with E-state index in [4.69, 9.17) is 4.74 Å². The molecule has 0 bridgehead atoms. The van der Waals surface area contributed by atoms with Gasteiger partial charge in [-0.1, -0.05) is 18.2 Å². The van der Waals surface area contributed by atoms with Crippen molar-refractivity contribution in [3.05, 3.63) is 48.1 Å². The lowest BCUT2D eigenvalue weighted by Crippen LogP contribution is -2.37. The topological polar surface area (TPSA) is 49.9 Å².